The molecule has 0 aliphatic rings. The maximum atomic E-state index is 11.8. The first-order chi connectivity index (χ1) is 14.8. The zero-order valence-electron chi connectivity index (χ0n) is 16.6. The molecule has 1 heterocycles. The van der Waals surface area contributed by atoms with Crippen molar-refractivity contribution in [2.24, 2.45) is 0 Å². The number of thiazole rings is 1. The van der Waals surface area contributed by atoms with Crippen LogP contribution in [0.5, 0.6) is 5.75 Å². The van der Waals surface area contributed by atoms with E-state index in [0.29, 0.717) is 15.8 Å². The zero-order chi connectivity index (χ0) is 22.2. The van der Waals surface area contributed by atoms with E-state index in [1.807, 2.05) is 42.5 Å². The van der Waals surface area contributed by atoms with Gasteiger partial charge in [0.05, 0.1) is 32.6 Å². The first-order valence-corrected chi connectivity index (χ1v) is 12.6. The molecule has 0 fully saturated rings. The van der Waals surface area contributed by atoms with Crippen LogP contribution < -0.4 is 4.74 Å². The summed E-state index contributed by atoms with van der Waals surface area (Å²) in [7, 11) is -1.72. The molecule has 8 heteroatoms. The Hall–Kier alpha value is -2.38. The summed E-state index contributed by atoms with van der Waals surface area (Å²) in [4.78, 5) is 6.01. The molecule has 1 aromatic heterocycles. The van der Waals surface area contributed by atoms with Gasteiger partial charge in [-0.3, -0.25) is 0 Å². The van der Waals surface area contributed by atoms with Gasteiger partial charge in [-0.25, -0.2) is 13.4 Å². The van der Waals surface area contributed by atoms with Crippen LogP contribution in [-0.4, -0.2) is 26.8 Å². The predicted molar refractivity (Wildman–Crippen MR) is 128 cm³/mol. The molecule has 0 radical (unpaired) electrons. The first kappa shape index (κ1) is 21.8. The zero-order valence-corrected chi connectivity index (χ0v) is 19.7. The number of aromatic nitrogens is 1. The van der Waals surface area contributed by atoms with E-state index in [1.165, 1.54) is 17.6 Å². The Morgan fingerprint density at radius 2 is 1.58 bits per heavy atom. The smallest absolute Gasteiger partial charge is 0.175 e. The molecular formula is C23H17Cl2NO3S2. The van der Waals surface area contributed by atoms with Crippen molar-refractivity contribution in [1.29, 1.82) is 0 Å². The SMILES string of the molecule is COc1ccc(-c2sc(-c3ccccc3Cl)nc2-c2ccc(S(C)(=O)=O)cc2)cc1Cl. The Balaban J connectivity index is 1.91. The van der Waals surface area contributed by atoms with Gasteiger partial charge in [0.25, 0.3) is 0 Å². The molecule has 4 nitrogen and oxygen atoms in total. The van der Waals surface area contributed by atoms with Gasteiger partial charge in [-0.05, 0) is 42.0 Å². The Labute approximate surface area is 195 Å². The molecular weight excluding hydrogens is 473 g/mol. The van der Waals surface area contributed by atoms with Crippen molar-refractivity contribution < 1.29 is 13.2 Å². The summed E-state index contributed by atoms with van der Waals surface area (Å²) in [6, 6.07) is 19.8. The lowest BCUT2D eigenvalue weighted by Gasteiger charge is -2.07. The largest absolute Gasteiger partial charge is 0.495 e. The minimum absolute atomic E-state index is 0.256. The molecule has 4 aromatic rings. The number of rotatable bonds is 5. The van der Waals surface area contributed by atoms with E-state index in [4.69, 9.17) is 32.9 Å². The van der Waals surface area contributed by atoms with E-state index in [9.17, 15) is 8.42 Å². The van der Waals surface area contributed by atoms with E-state index >= 15 is 0 Å². The number of ether oxygens (including phenoxy) is 1. The number of halogens is 2. The second-order valence-corrected chi connectivity index (χ2v) is 10.7. The number of benzene rings is 3. The highest BCUT2D eigenvalue weighted by Crippen LogP contribution is 2.43. The Bertz CT molecular complexity index is 1360. The van der Waals surface area contributed by atoms with E-state index in [1.54, 1.807) is 31.4 Å². The van der Waals surface area contributed by atoms with E-state index in [2.05, 4.69) is 0 Å². The van der Waals surface area contributed by atoms with Crippen molar-refractivity contribution in [2.45, 2.75) is 4.90 Å². The third-order valence-electron chi connectivity index (χ3n) is 4.70. The van der Waals surface area contributed by atoms with Gasteiger partial charge in [0.1, 0.15) is 10.8 Å². The Morgan fingerprint density at radius 1 is 0.903 bits per heavy atom. The third kappa shape index (κ3) is 4.48. The lowest BCUT2D eigenvalue weighted by Crippen LogP contribution is -1.96. The molecule has 0 bridgehead atoms. The molecule has 0 saturated heterocycles. The molecule has 0 amide bonds. The molecule has 158 valence electrons. The minimum Gasteiger partial charge on any atom is -0.495 e. The van der Waals surface area contributed by atoms with Crippen LogP contribution in [0.2, 0.25) is 10.0 Å². The highest BCUT2D eigenvalue weighted by Gasteiger charge is 2.19. The molecule has 31 heavy (non-hydrogen) atoms. The standard InChI is InChI=1S/C23H17Cl2NO3S2/c1-29-20-12-9-15(13-19(20)25)22-21(14-7-10-16(11-8-14)31(2,27)28)26-23(30-22)17-5-3-4-6-18(17)24/h3-13H,1-2H3. The van der Waals surface area contributed by atoms with Crippen LogP contribution in [0.25, 0.3) is 32.3 Å². The fraction of sp³-hybridized carbons (Fsp3) is 0.0870. The van der Waals surface area contributed by atoms with E-state index < -0.39 is 9.84 Å². The summed E-state index contributed by atoms with van der Waals surface area (Å²) >= 11 is 14.3. The molecule has 0 unspecified atom stereocenters. The summed E-state index contributed by atoms with van der Waals surface area (Å²) in [5.74, 6) is 0.584. The molecule has 0 N–H and O–H groups in total. The molecule has 3 aromatic carbocycles. The average Bonchev–Trinajstić information content (AvgIpc) is 3.18. The highest BCUT2D eigenvalue weighted by atomic mass is 35.5. The van der Waals surface area contributed by atoms with Gasteiger partial charge in [0.2, 0.25) is 0 Å². The quantitative estimate of drug-likeness (QED) is 0.307. The fourth-order valence-corrected chi connectivity index (χ4v) is 5.42. The molecule has 0 spiro atoms. The Kier molecular flexibility index (Phi) is 6.08. The van der Waals surface area contributed by atoms with Crippen LogP contribution in [0.4, 0.5) is 0 Å². The van der Waals surface area contributed by atoms with E-state index in [-0.39, 0.29) is 4.90 Å². The summed E-state index contributed by atoms with van der Waals surface area (Å²) in [5, 5.41) is 1.86. The van der Waals surface area contributed by atoms with Crippen LogP contribution >= 0.6 is 34.5 Å². The van der Waals surface area contributed by atoms with Gasteiger partial charge in [0.15, 0.2) is 9.84 Å². The van der Waals surface area contributed by atoms with Crippen LogP contribution in [0.3, 0.4) is 0 Å². The van der Waals surface area contributed by atoms with Gasteiger partial charge in [-0.15, -0.1) is 11.3 Å². The van der Waals surface area contributed by atoms with Crippen LogP contribution in [0.1, 0.15) is 0 Å². The average molecular weight is 490 g/mol. The maximum absolute atomic E-state index is 11.8. The third-order valence-corrected chi connectivity index (χ3v) is 7.59. The highest BCUT2D eigenvalue weighted by molar-refractivity contribution is 7.90. The lowest BCUT2D eigenvalue weighted by molar-refractivity contribution is 0.415. The molecule has 0 atom stereocenters. The number of sulfone groups is 1. The van der Waals surface area contributed by atoms with Crippen molar-refractivity contribution in [3.05, 3.63) is 76.8 Å². The molecule has 4 rings (SSSR count). The molecule has 0 saturated carbocycles. The monoisotopic (exact) mass is 489 g/mol. The van der Waals surface area contributed by atoms with Crippen LogP contribution in [0.15, 0.2) is 71.6 Å². The summed E-state index contributed by atoms with van der Waals surface area (Å²) in [6.45, 7) is 0. The van der Waals surface area contributed by atoms with Crippen LogP contribution in [0, 0.1) is 0 Å². The normalized spacial score (nSPS) is 11.5. The number of hydrogen-bond acceptors (Lipinski definition) is 5. The van der Waals surface area contributed by atoms with Gasteiger partial charge in [-0.1, -0.05) is 53.5 Å². The minimum atomic E-state index is -3.29. The van der Waals surface area contributed by atoms with Crippen molar-refractivity contribution >= 4 is 44.4 Å². The summed E-state index contributed by atoms with van der Waals surface area (Å²) < 4.78 is 28.9. The van der Waals surface area contributed by atoms with E-state index in [0.717, 1.165) is 32.3 Å². The van der Waals surface area contributed by atoms with Crippen molar-refractivity contribution in [3.8, 4) is 38.0 Å². The van der Waals surface area contributed by atoms with Crippen molar-refractivity contribution in [3.63, 3.8) is 0 Å². The van der Waals surface area contributed by atoms with Crippen LogP contribution in [-0.2, 0) is 9.84 Å². The predicted octanol–water partition coefficient (Wildman–Crippen LogP) is 6.86. The Morgan fingerprint density at radius 3 is 2.19 bits per heavy atom. The number of methoxy groups -OCH3 is 1. The lowest BCUT2D eigenvalue weighted by atomic mass is 10.1. The topological polar surface area (TPSA) is 56.3 Å². The molecule has 0 aliphatic carbocycles. The maximum Gasteiger partial charge on any atom is 0.175 e. The van der Waals surface area contributed by atoms with Gasteiger partial charge < -0.3 is 4.74 Å². The number of nitrogens with zero attached hydrogens (tertiary/aromatic N) is 1. The summed E-state index contributed by atoms with van der Waals surface area (Å²) in [5.41, 5.74) is 3.22. The molecule has 0 aliphatic heterocycles. The second-order valence-electron chi connectivity index (χ2n) is 6.82. The number of hydrogen-bond donors (Lipinski definition) is 0. The summed E-state index contributed by atoms with van der Waals surface area (Å²) in [6.07, 6.45) is 1.19. The van der Waals surface area contributed by atoms with Gasteiger partial charge in [0, 0.05) is 17.4 Å². The van der Waals surface area contributed by atoms with Gasteiger partial charge in [-0.2, -0.15) is 0 Å². The second kappa shape index (κ2) is 8.63. The van der Waals surface area contributed by atoms with Gasteiger partial charge >= 0.3 is 0 Å². The van der Waals surface area contributed by atoms with Crippen molar-refractivity contribution in [2.75, 3.05) is 13.4 Å². The van der Waals surface area contributed by atoms with Crippen molar-refractivity contribution in [1.82, 2.24) is 4.98 Å². The first-order valence-electron chi connectivity index (χ1n) is 9.18. The fourth-order valence-electron chi connectivity index (χ4n) is 3.13.